The minimum absolute atomic E-state index is 0.0908. The van der Waals surface area contributed by atoms with Crippen molar-refractivity contribution in [3.63, 3.8) is 0 Å². The lowest BCUT2D eigenvalue weighted by Crippen LogP contribution is -2.52. The minimum atomic E-state index is -1.02. The number of carboxylic acid groups (broad SMARTS) is 1. The molecule has 1 aromatic rings. The molecule has 0 amide bonds. The number of carbonyl (C=O) groups is 1. The van der Waals surface area contributed by atoms with Gasteiger partial charge in [0.1, 0.15) is 10.4 Å². The first kappa shape index (κ1) is 16.5. The molecule has 1 aromatic carbocycles. The molecule has 1 aliphatic carbocycles. The molecule has 1 saturated carbocycles. The van der Waals surface area contributed by atoms with E-state index in [1.807, 2.05) is 44.2 Å². The third-order valence-corrected chi connectivity index (χ3v) is 5.33. The van der Waals surface area contributed by atoms with E-state index in [1.165, 1.54) is 0 Å². The van der Waals surface area contributed by atoms with Crippen LogP contribution in [-0.4, -0.2) is 17.1 Å². The predicted molar refractivity (Wildman–Crippen MR) is 86.0 cm³/mol. The number of nitrogens with zero attached hydrogens (tertiary/aromatic N) is 2. The van der Waals surface area contributed by atoms with Crippen LogP contribution < -0.4 is 0 Å². The van der Waals surface area contributed by atoms with Gasteiger partial charge in [-0.3, -0.25) is 4.79 Å². The van der Waals surface area contributed by atoms with Crippen LogP contribution in [-0.2, 0) is 10.2 Å². The molecule has 4 atom stereocenters. The van der Waals surface area contributed by atoms with Crippen molar-refractivity contribution in [3.05, 3.63) is 40.9 Å². The Kier molecular flexibility index (Phi) is 4.85. The summed E-state index contributed by atoms with van der Waals surface area (Å²) in [6.07, 6.45) is 2.50. The average Bonchev–Trinajstić information content (AvgIpc) is 2.48. The van der Waals surface area contributed by atoms with Crippen molar-refractivity contribution in [2.24, 2.45) is 17.8 Å². The monoisotopic (exact) mass is 301 g/mol. The largest absolute Gasteiger partial charge is 0.481 e. The molecule has 0 bridgehead atoms. The molecular formula is C18H25N2O2+. The fraction of sp³-hybridized carbons (Fsp3) is 0.611. The summed E-state index contributed by atoms with van der Waals surface area (Å²) in [5.41, 5.74) is -0.211. The summed E-state index contributed by atoms with van der Waals surface area (Å²) in [6.45, 7) is 6.06. The van der Waals surface area contributed by atoms with Crippen molar-refractivity contribution < 1.29 is 9.90 Å². The number of carboxylic acids is 1. The molecule has 1 fully saturated rings. The maximum absolute atomic E-state index is 12.4. The van der Waals surface area contributed by atoms with E-state index in [0.29, 0.717) is 5.92 Å². The zero-order valence-electron chi connectivity index (χ0n) is 13.6. The first-order valence-electron chi connectivity index (χ1n) is 8.07. The van der Waals surface area contributed by atoms with Gasteiger partial charge in [0.05, 0.1) is 5.92 Å². The third-order valence-electron chi connectivity index (χ3n) is 5.33. The van der Waals surface area contributed by atoms with Crippen molar-refractivity contribution >= 4 is 5.97 Å². The molecule has 0 aliphatic heterocycles. The van der Waals surface area contributed by atoms with E-state index in [4.69, 9.17) is 0 Å². The van der Waals surface area contributed by atoms with E-state index in [9.17, 15) is 15.3 Å². The molecule has 22 heavy (non-hydrogen) atoms. The van der Waals surface area contributed by atoms with E-state index in [2.05, 4.69) is 11.9 Å². The molecular weight excluding hydrogens is 276 g/mol. The number of benzene rings is 1. The van der Waals surface area contributed by atoms with E-state index in [0.717, 1.165) is 24.8 Å². The van der Waals surface area contributed by atoms with Crippen LogP contribution in [0.2, 0.25) is 0 Å². The van der Waals surface area contributed by atoms with Crippen LogP contribution in [0.25, 0.3) is 4.98 Å². The second-order valence-electron chi connectivity index (χ2n) is 6.90. The molecule has 0 radical (unpaired) electrons. The molecule has 1 aliphatic rings. The maximum atomic E-state index is 12.4. The van der Waals surface area contributed by atoms with Crippen LogP contribution in [0.5, 0.6) is 0 Å². The highest BCUT2D eigenvalue weighted by Gasteiger charge is 2.58. The molecule has 0 aromatic heterocycles. The van der Waals surface area contributed by atoms with Crippen LogP contribution >= 0.6 is 0 Å². The maximum Gasteiger partial charge on any atom is 0.318 e. The highest BCUT2D eigenvalue weighted by Crippen LogP contribution is 2.48. The second kappa shape index (κ2) is 6.48. The van der Waals surface area contributed by atoms with Crippen molar-refractivity contribution in [1.29, 1.82) is 5.39 Å². The fourth-order valence-corrected chi connectivity index (χ4v) is 4.21. The van der Waals surface area contributed by atoms with Gasteiger partial charge in [-0.05, 0) is 30.2 Å². The van der Waals surface area contributed by atoms with Gasteiger partial charge in [-0.2, -0.15) is 0 Å². The quantitative estimate of drug-likeness (QED) is 0.842. The van der Waals surface area contributed by atoms with E-state index >= 15 is 0 Å². The Morgan fingerprint density at radius 1 is 1.32 bits per heavy atom. The third kappa shape index (κ3) is 2.61. The van der Waals surface area contributed by atoms with E-state index in [-0.39, 0.29) is 17.9 Å². The molecule has 118 valence electrons. The Balaban J connectivity index is 2.62. The summed E-state index contributed by atoms with van der Waals surface area (Å²) in [6, 6.07) is 9.13. The molecule has 0 spiro atoms. The molecule has 4 heteroatoms. The number of diazo groups is 1. The topological polar surface area (TPSA) is 65.5 Å². The van der Waals surface area contributed by atoms with E-state index < -0.39 is 11.4 Å². The number of hydrogen-bond donors (Lipinski definition) is 1. The first-order chi connectivity index (χ1) is 10.4. The van der Waals surface area contributed by atoms with Crippen molar-refractivity contribution in [2.45, 2.75) is 51.5 Å². The lowest BCUT2D eigenvalue weighted by molar-refractivity contribution is -0.150. The molecule has 4 nitrogen and oxygen atoms in total. The lowest BCUT2D eigenvalue weighted by atomic mass is 9.57. The Morgan fingerprint density at radius 3 is 2.45 bits per heavy atom. The predicted octanol–water partition coefficient (Wildman–Crippen LogP) is 4.32. The Hall–Kier alpha value is -1.89. The van der Waals surface area contributed by atoms with Crippen LogP contribution in [0.15, 0.2) is 30.3 Å². The summed E-state index contributed by atoms with van der Waals surface area (Å²) < 4.78 is 0. The van der Waals surface area contributed by atoms with E-state index in [1.54, 1.807) is 0 Å². The molecule has 0 saturated heterocycles. The molecule has 4 unspecified atom stereocenters. The van der Waals surface area contributed by atoms with Gasteiger partial charge < -0.3 is 5.11 Å². The summed E-state index contributed by atoms with van der Waals surface area (Å²) in [7, 11) is 0. The Labute approximate surface area is 132 Å². The van der Waals surface area contributed by atoms with Gasteiger partial charge in [0.2, 0.25) is 5.39 Å². The van der Waals surface area contributed by atoms with Crippen LogP contribution in [0, 0.1) is 23.1 Å². The number of aliphatic carboxylic acids is 1. The van der Waals surface area contributed by atoms with Gasteiger partial charge in [0, 0.05) is 6.42 Å². The van der Waals surface area contributed by atoms with Gasteiger partial charge in [-0.25, -0.2) is 0 Å². The Bertz CT molecular complexity index is 564. The lowest BCUT2D eigenvalue weighted by Gasteiger charge is -2.42. The van der Waals surface area contributed by atoms with Crippen molar-refractivity contribution in [1.82, 2.24) is 0 Å². The second-order valence-corrected chi connectivity index (χ2v) is 6.90. The standard InChI is InChI=1S/C18H24N2O2/c1-12(2)18(17(21)22,14-7-5-4-6-8-14)15-11-13(3)9-10-16(15)20-19/h4-8,12-13,15-16H,9-11H2,1-3H3/p+1. The number of rotatable bonds is 4. The SMILES string of the molecule is CC1CCC([N+]#N)C(C(C(=O)O)(c2ccccc2)C(C)C)C1. The number of hydrogen-bond acceptors (Lipinski definition) is 2. The Morgan fingerprint density at radius 2 is 1.95 bits per heavy atom. The van der Waals surface area contributed by atoms with Crippen molar-refractivity contribution in [3.8, 4) is 0 Å². The van der Waals surface area contributed by atoms with Crippen LogP contribution in [0.4, 0.5) is 0 Å². The summed E-state index contributed by atoms with van der Waals surface area (Å²) in [5.74, 6) is -0.654. The first-order valence-corrected chi connectivity index (χ1v) is 8.07. The van der Waals surface area contributed by atoms with Crippen molar-refractivity contribution in [2.75, 3.05) is 0 Å². The van der Waals surface area contributed by atoms with Crippen LogP contribution in [0.3, 0.4) is 0 Å². The summed E-state index contributed by atoms with van der Waals surface area (Å²) >= 11 is 0. The van der Waals surface area contributed by atoms with Crippen LogP contribution in [0.1, 0.15) is 45.6 Å². The zero-order valence-corrected chi connectivity index (χ0v) is 13.6. The van der Waals surface area contributed by atoms with Gasteiger partial charge in [-0.1, -0.05) is 51.1 Å². The average molecular weight is 301 g/mol. The smallest absolute Gasteiger partial charge is 0.318 e. The van der Waals surface area contributed by atoms with Gasteiger partial charge >= 0.3 is 12.0 Å². The highest BCUT2D eigenvalue weighted by atomic mass is 16.4. The fourth-order valence-electron chi connectivity index (χ4n) is 4.21. The zero-order chi connectivity index (χ0) is 16.3. The van der Waals surface area contributed by atoms with Gasteiger partial charge in [0.25, 0.3) is 0 Å². The van der Waals surface area contributed by atoms with Gasteiger partial charge in [0.15, 0.2) is 0 Å². The summed E-state index contributed by atoms with van der Waals surface area (Å²) in [5, 5.41) is 19.6. The molecule has 2 rings (SSSR count). The summed E-state index contributed by atoms with van der Waals surface area (Å²) in [4.78, 5) is 16.0. The minimum Gasteiger partial charge on any atom is -0.481 e. The van der Waals surface area contributed by atoms with Gasteiger partial charge in [-0.15, -0.1) is 0 Å². The molecule has 0 heterocycles. The normalized spacial score (nSPS) is 27.9. The highest BCUT2D eigenvalue weighted by molar-refractivity contribution is 5.82. The molecule has 1 N–H and O–H groups in total.